The van der Waals surface area contributed by atoms with E-state index < -0.39 is 5.97 Å². The van der Waals surface area contributed by atoms with Gasteiger partial charge in [0.15, 0.2) is 0 Å². The molecule has 0 atom stereocenters. The molecule has 1 fully saturated rings. The minimum Gasteiger partial charge on any atom is -0.465 e. The number of fused-ring (bicyclic) bond motifs is 1. The van der Waals surface area contributed by atoms with Crippen LogP contribution in [0.4, 0.5) is 0 Å². The van der Waals surface area contributed by atoms with Gasteiger partial charge in [0.2, 0.25) is 5.56 Å². The van der Waals surface area contributed by atoms with Crippen molar-refractivity contribution in [2.45, 2.75) is 39.0 Å². The molecule has 2 heterocycles. The highest BCUT2D eigenvalue weighted by Gasteiger charge is 2.12. The number of aromatic nitrogens is 1. The Morgan fingerprint density at radius 2 is 2.10 bits per heavy atom. The molecule has 1 N–H and O–H groups in total. The third-order valence-electron chi connectivity index (χ3n) is 3.91. The van der Waals surface area contributed by atoms with Crippen molar-refractivity contribution in [1.82, 2.24) is 4.98 Å². The minimum atomic E-state index is -0.432. The predicted molar refractivity (Wildman–Crippen MR) is 86.0 cm³/mol. The Hall–Kier alpha value is -1.62. The Labute approximate surface area is 128 Å². The van der Waals surface area contributed by atoms with E-state index in [0.29, 0.717) is 11.1 Å². The van der Waals surface area contributed by atoms with E-state index in [1.165, 1.54) is 56.6 Å². The molecule has 0 aromatic carbocycles. The zero-order valence-corrected chi connectivity index (χ0v) is 13.3. The average molecular weight is 307 g/mol. The first-order valence-electron chi connectivity index (χ1n) is 7.34. The van der Waals surface area contributed by atoms with Crippen molar-refractivity contribution >= 4 is 27.5 Å². The summed E-state index contributed by atoms with van der Waals surface area (Å²) in [6.45, 7) is 2.30. The van der Waals surface area contributed by atoms with Crippen molar-refractivity contribution in [2.24, 2.45) is 5.92 Å². The number of pyridine rings is 1. The van der Waals surface area contributed by atoms with Crippen LogP contribution in [-0.4, -0.2) is 18.1 Å². The van der Waals surface area contributed by atoms with Gasteiger partial charge in [-0.3, -0.25) is 4.79 Å². The first kappa shape index (κ1) is 15.8. The molecule has 4 nitrogen and oxygen atoms in total. The number of thiophene rings is 1. The number of rotatable bonds is 2. The number of ether oxygens (including phenoxy) is 1. The van der Waals surface area contributed by atoms with Crippen LogP contribution in [0.1, 0.15) is 49.4 Å². The fraction of sp³-hybridized carbons (Fsp3) is 0.500. The van der Waals surface area contributed by atoms with Crippen LogP contribution in [0.2, 0.25) is 0 Å². The highest BCUT2D eigenvalue weighted by molar-refractivity contribution is 7.17. The summed E-state index contributed by atoms with van der Waals surface area (Å²) in [5.74, 6) is 0.665. The smallest absolute Gasteiger partial charge is 0.340 e. The molecule has 0 saturated heterocycles. The first-order chi connectivity index (χ1) is 10.2. The van der Waals surface area contributed by atoms with Gasteiger partial charge in [0.25, 0.3) is 0 Å². The van der Waals surface area contributed by atoms with Gasteiger partial charge >= 0.3 is 5.97 Å². The van der Waals surface area contributed by atoms with Crippen LogP contribution in [-0.2, 0) is 4.74 Å². The molecular formula is C16H21NO3S. The monoisotopic (exact) mass is 307 g/mol. The molecule has 0 aliphatic heterocycles. The number of esters is 1. The van der Waals surface area contributed by atoms with Crippen LogP contribution in [0, 0.1) is 5.92 Å². The van der Waals surface area contributed by atoms with E-state index in [2.05, 4.69) is 16.6 Å². The third-order valence-corrected chi connectivity index (χ3v) is 4.86. The number of methoxy groups -OCH3 is 1. The van der Waals surface area contributed by atoms with Crippen LogP contribution in [0.15, 0.2) is 22.3 Å². The van der Waals surface area contributed by atoms with E-state index in [1.807, 2.05) is 0 Å². The summed E-state index contributed by atoms with van der Waals surface area (Å²) >= 11 is 1.40. The van der Waals surface area contributed by atoms with Crippen LogP contribution in [0.25, 0.3) is 10.2 Å². The van der Waals surface area contributed by atoms with Gasteiger partial charge in [0, 0.05) is 11.4 Å². The van der Waals surface area contributed by atoms with Gasteiger partial charge in [0.1, 0.15) is 0 Å². The number of aromatic amines is 1. The number of carbonyl (C=O) groups excluding carboxylic acids is 1. The van der Waals surface area contributed by atoms with Gasteiger partial charge in [-0.25, -0.2) is 4.79 Å². The number of nitrogens with one attached hydrogen (secondary N) is 1. The molecule has 0 unspecified atom stereocenters. The molecule has 1 aliphatic carbocycles. The number of hydrogen-bond acceptors (Lipinski definition) is 4. The highest BCUT2D eigenvalue weighted by Crippen LogP contribution is 2.26. The zero-order chi connectivity index (χ0) is 15.2. The van der Waals surface area contributed by atoms with Crippen LogP contribution < -0.4 is 5.56 Å². The average Bonchev–Trinajstić information content (AvgIpc) is 3.15. The maximum Gasteiger partial charge on any atom is 0.340 e. The lowest BCUT2D eigenvalue weighted by Gasteiger charge is -1.99. The second-order valence-corrected chi connectivity index (χ2v) is 6.17. The molecule has 3 rings (SSSR count). The van der Waals surface area contributed by atoms with Crippen molar-refractivity contribution in [3.05, 3.63) is 33.4 Å². The van der Waals surface area contributed by atoms with Crippen molar-refractivity contribution in [1.29, 1.82) is 0 Å². The standard InChI is InChI=1S/C9H7NO3S.C7H14/c1-13-9(12)5-4-14-6-2-3-7(11)10-8(5)6;1-2-7-5-3-4-6-7/h2-4H,1H3,(H,10,11);7H,2-6H2,1H3. The van der Waals surface area contributed by atoms with Crippen molar-refractivity contribution < 1.29 is 9.53 Å². The molecule has 0 spiro atoms. The highest BCUT2D eigenvalue weighted by atomic mass is 32.1. The maximum atomic E-state index is 11.3. The van der Waals surface area contributed by atoms with Crippen LogP contribution in [0.5, 0.6) is 0 Å². The Morgan fingerprint density at radius 1 is 1.38 bits per heavy atom. The van der Waals surface area contributed by atoms with Gasteiger partial charge < -0.3 is 9.72 Å². The quantitative estimate of drug-likeness (QED) is 0.854. The molecular weight excluding hydrogens is 286 g/mol. The Bertz CT molecular complexity index is 653. The van der Waals surface area contributed by atoms with Gasteiger partial charge in [-0.15, -0.1) is 11.3 Å². The van der Waals surface area contributed by atoms with Crippen molar-refractivity contribution in [3.63, 3.8) is 0 Å². The minimum absolute atomic E-state index is 0.221. The molecule has 1 aliphatic rings. The van der Waals surface area contributed by atoms with Crippen molar-refractivity contribution in [3.8, 4) is 0 Å². The molecule has 21 heavy (non-hydrogen) atoms. The van der Waals surface area contributed by atoms with E-state index in [1.54, 1.807) is 11.4 Å². The third kappa shape index (κ3) is 3.94. The molecule has 0 radical (unpaired) electrons. The summed E-state index contributed by atoms with van der Waals surface area (Å²) in [6, 6.07) is 3.12. The largest absolute Gasteiger partial charge is 0.465 e. The Kier molecular flexibility index (Phi) is 5.56. The summed E-state index contributed by atoms with van der Waals surface area (Å²) in [5.41, 5.74) is 0.737. The number of H-pyrrole nitrogens is 1. The molecule has 5 heteroatoms. The lowest BCUT2D eigenvalue weighted by molar-refractivity contribution is 0.0603. The van der Waals surface area contributed by atoms with E-state index in [0.717, 1.165) is 10.6 Å². The maximum absolute atomic E-state index is 11.3. The topological polar surface area (TPSA) is 59.2 Å². The normalized spacial score (nSPS) is 14.8. The first-order valence-corrected chi connectivity index (χ1v) is 8.22. The molecule has 1 saturated carbocycles. The van der Waals surface area contributed by atoms with E-state index in [-0.39, 0.29) is 5.56 Å². The van der Waals surface area contributed by atoms with E-state index in [9.17, 15) is 9.59 Å². The summed E-state index contributed by atoms with van der Waals surface area (Å²) in [5, 5.41) is 1.67. The summed E-state index contributed by atoms with van der Waals surface area (Å²) < 4.78 is 5.45. The summed E-state index contributed by atoms with van der Waals surface area (Å²) in [7, 11) is 1.31. The lowest BCUT2D eigenvalue weighted by Crippen LogP contribution is -2.05. The number of hydrogen-bond donors (Lipinski definition) is 1. The lowest BCUT2D eigenvalue weighted by atomic mass is 10.1. The molecule has 0 bridgehead atoms. The summed E-state index contributed by atoms with van der Waals surface area (Å²) in [4.78, 5) is 24.9. The Morgan fingerprint density at radius 3 is 2.67 bits per heavy atom. The van der Waals surface area contributed by atoms with Gasteiger partial charge in [-0.2, -0.15) is 0 Å². The molecule has 114 valence electrons. The second kappa shape index (κ2) is 7.41. The molecule has 2 aromatic heterocycles. The van der Waals surface area contributed by atoms with Crippen LogP contribution >= 0.6 is 11.3 Å². The van der Waals surface area contributed by atoms with Gasteiger partial charge in [0.05, 0.1) is 22.9 Å². The zero-order valence-electron chi connectivity index (χ0n) is 12.5. The van der Waals surface area contributed by atoms with Crippen LogP contribution in [0.3, 0.4) is 0 Å². The van der Waals surface area contributed by atoms with E-state index in [4.69, 9.17) is 0 Å². The fourth-order valence-corrected chi connectivity index (χ4v) is 3.50. The predicted octanol–water partition coefficient (Wildman–Crippen LogP) is 3.96. The fourth-order valence-electron chi connectivity index (χ4n) is 2.62. The van der Waals surface area contributed by atoms with Gasteiger partial charge in [-0.1, -0.05) is 39.0 Å². The number of carbonyl (C=O) groups is 1. The molecule has 0 amide bonds. The van der Waals surface area contributed by atoms with Crippen molar-refractivity contribution in [2.75, 3.05) is 7.11 Å². The second-order valence-electron chi connectivity index (χ2n) is 5.26. The van der Waals surface area contributed by atoms with E-state index >= 15 is 0 Å². The Balaban J connectivity index is 0.000000194. The SMILES string of the molecule is CCC1CCCC1.COC(=O)c1csc2ccc(=O)[nH]c12. The summed E-state index contributed by atoms with van der Waals surface area (Å²) in [6.07, 6.45) is 7.43. The van der Waals surface area contributed by atoms with Gasteiger partial charge in [-0.05, 0) is 12.0 Å². The molecule has 2 aromatic rings.